The van der Waals surface area contributed by atoms with E-state index in [1.165, 1.54) is 7.11 Å². The Kier molecular flexibility index (Phi) is 5.66. The number of ether oxygens (including phenoxy) is 1. The number of nitrogens with one attached hydrogen (secondary N) is 3. The lowest BCUT2D eigenvalue weighted by Crippen LogP contribution is -2.46. The number of rotatable bonds is 5. The molecule has 0 aliphatic carbocycles. The molecule has 1 heterocycles. The zero-order valence-corrected chi connectivity index (χ0v) is 15.8. The summed E-state index contributed by atoms with van der Waals surface area (Å²) >= 11 is 6.22. The largest absolute Gasteiger partial charge is 0.495 e. The SMILES string of the molecule is COc1ccc(C2NC(=O)NC(C)=C2C(=O)NCc2ccccc2)cc1Cl. The molecule has 3 N–H and O–H groups in total. The Morgan fingerprint density at radius 3 is 2.63 bits per heavy atom. The molecular formula is C20H20ClN3O3. The van der Waals surface area contributed by atoms with E-state index in [1.807, 2.05) is 30.3 Å². The fourth-order valence-electron chi connectivity index (χ4n) is 2.98. The van der Waals surface area contributed by atoms with Gasteiger partial charge in [-0.05, 0) is 30.2 Å². The average molecular weight is 386 g/mol. The van der Waals surface area contributed by atoms with E-state index in [2.05, 4.69) is 16.0 Å². The number of carbonyl (C=O) groups is 2. The Morgan fingerprint density at radius 1 is 1.22 bits per heavy atom. The van der Waals surface area contributed by atoms with Gasteiger partial charge in [0.25, 0.3) is 5.91 Å². The Morgan fingerprint density at radius 2 is 1.96 bits per heavy atom. The molecule has 0 saturated heterocycles. The lowest BCUT2D eigenvalue weighted by atomic mass is 9.94. The number of hydrogen-bond donors (Lipinski definition) is 3. The van der Waals surface area contributed by atoms with Crippen LogP contribution in [0.4, 0.5) is 4.79 Å². The average Bonchev–Trinajstić information content (AvgIpc) is 2.66. The van der Waals surface area contributed by atoms with Crippen molar-refractivity contribution in [2.45, 2.75) is 19.5 Å². The third-order valence-corrected chi connectivity index (χ3v) is 4.61. The van der Waals surface area contributed by atoms with Gasteiger partial charge in [-0.2, -0.15) is 0 Å². The van der Waals surface area contributed by atoms with Crippen molar-refractivity contribution in [3.63, 3.8) is 0 Å². The molecule has 1 atom stereocenters. The van der Waals surface area contributed by atoms with Gasteiger partial charge in [0.05, 0.1) is 23.7 Å². The lowest BCUT2D eigenvalue weighted by molar-refractivity contribution is -0.118. The van der Waals surface area contributed by atoms with Gasteiger partial charge in [0, 0.05) is 12.2 Å². The van der Waals surface area contributed by atoms with Crippen molar-refractivity contribution >= 4 is 23.5 Å². The normalized spacial score (nSPS) is 16.4. The first-order valence-corrected chi connectivity index (χ1v) is 8.81. The van der Waals surface area contributed by atoms with Gasteiger partial charge in [0.1, 0.15) is 5.75 Å². The van der Waals surface area contributed by atoms with Crippen LogP contribution in [0.5, 0.6) is 5.75 Å². The molecule has 2 aromatic carbocycles. The number of methoxy groups -OCH3 is 1. The molecule has 0 saturated carbocycles. The second-order valence-corrected chi connectivity index (χ2v) is 6.54. The van der Waals surface area contributed by atoms with Crippen LogP contribution >= 0.6 is 11.6 Å². The van der Waals surface area contributed by atoms with Gasteiger partial charge >= 0.3 is 6.03 Å². The topological polar surface area (TPSA) is 79.5 Å². The summed E-state index contributed by atoms with van der Waals surface area (Å²) in [5, 5.41) is 8.76. The van der Waals surface area contributed by atoms with Crippen molar-refractivity contribution in [3.8, 4) is 5.75 Å². The summed E-state index contributed by atoms with van der Waals surface area (Å²) in [6.45, 7) is 2.09. The van der Waals surface area contributed by atoms with E-state index in [4.69, 9.17) is 16.3 Å². The number of urea groups is 1. The molecule has 0 radical (unpaired) electrons. The van der Waals surface area contributed by atoms with Crippen LogP contribution in [0.1, 0.15) is 24.1 Å². The third kappa shape index (κ3) is 4.23. The quantitative estimate of drug-likeness (QED) is 0.738. The monoisotopic (exact) mass is 385 g/mol. The van der Waals surface area contributed by atoms with Crippen LogP contribution in [0.2, 0.25) is 5.02 Å². The maximum Gasteiger partial charge on any atom is 0.319 e. The van der Waals surface area contributed by atoms with Crippen molar-refractivity contribution in [1.29, 1.82) is 0 Å². The standard InChI is InChI=1S/C20H20ClN3O3/c1-12-17(19(25)22-11-13-6-4-3-5-7-13)18(24-20(26)23-12)14-8-9-16(27-2)15(21)10-14/h3-10,18H,11H2,1-2H3,(H,22,25)(H2,23,24,26). The summed E-state index contributed by atoms with van der Waals surface area (Å²) in [4.78, 5) is 24.8. The Labute approximate surface area is 162 Å². The summed E-state index contributed by atoms with van der Waals surface area (Å²) < 4.78 is 5.17. The number of hydrogen-bond acceptors (Lipinski definition) is 3. The molecule has 0 fully saturated rings. The first-order chi connectivity index (χ1) is 13.0. The maximum atomic E-state index is 12.9. The van der Waals surface area contributed by atoms with E-state index in [1.54, 1.807) is 25.1 Å². The molecule has 7 heteroatoms. The highest BCUT2D eigenvalue weighted by molar-refractivity contribution is 6.32. The third-order valence-electron chi connectivity index (χ3n) is 4.32. The maximum absolute atomic E-state index is 12.9. The second-order valence-electron chi connectivity index (χ2n) is 6.13. The molecule has 27 heavy (non-hydrogen) atoms. The second kappa shape index (κ2) is 8.14. The van der Waals surface area contributed by atoms with Gasteiger partial charge in [0.2, 0.25) is 0 Å². The molecular weight excluding hydrogens is 366 g/mol. The molecule has 1 aliphatic heterocycles. The van der Waals surface area contributed by atoms with Crippen LogP contribution in [0.25, 0.3) is 0 Å². The van der Waals surface area contributed by atoms with Gasteiger partial charge in [-0.25, -0.2) is 4.79 Å². The zero-order valence-electron chi connectivity index (χ0n) is 15.0. The summed E-state index contributed by atoms with van der Waals surface area (Å²) in [6.07, 6.45) is 0. The fraction of sp³-hybridized carbons (Fsp3) is 0.200. The van der Waals surface area contributed by atoms with Gasteiger partial charge < -0.3 is 20.7 Å². The number of amides is 3. The van der Waals surface area contributed by atoms with Gasteiger partial charge in [-0.1, -0.05) is 48.0 Å². The molecule has 3 rings (SSSR count). The van der Waals surface area contributed by atoms with Crippen LogP contribution in [0.3, 0.4) is 0 Å². The number of benzene rings is 2. The van der Waals surface area contributed by atoms with E-state index in [0.29, 0.717) is 34.2 Å². The number of carbonyl (C=O) groups excluding carboxylic acids is 2. The highest BCUT2D eigenvalue weighted by atomic mass is 35.5. The smallest absolute Gasteiger partial charge is 0.319 e. The van der Waals surface area contributed by atoms with Crippen LogP contribution in [0, 0.1) is 0 Å². The van der Waals surface area contributed by atoms with Crippen molar-refractivity contribution < 1.29 is 14.3 Å². The molecule has 140 valence electrons. The van der Waals surface area contributed by atoms with Crippen molar-refractivity contribution in [1.82, 2.24) is 16.0 Å². The van der Waals surface area contributed by atoms with E-state index >= 15 is 0 Å². The summed E-state index contributed by atoms with van der Waals surface area (Å²) in [7, 11) is 1.53. The first-order valence-electron chi connectivity index (χ1n) is 8.43. The van der Waals surface area contributed by atoms with Gasteiger partial charge in [-0.15, -0.1) is 0 Å². The highest BCUT2D eigenvalue weighted by Gasteiger charge is 2.31. The lowest BCUT2D eigenvalue weighted by Gasteiger charge is -2.29. The molecule has 6 nitrogen and oxygen atoms in total. The minimum absolute atomic E-state index is 0.263. The molecule has 1 aliphatic rings. The van der Waals surface area contributed by atoms with Crippen molar-refractivity contribution in [3.05, 3.63) is 76.0 Å². The summed E-state index contributed by atoms with van der Waals surface area (Å²) in [5.41, 5.74) is 2.62. The minimum Gasteiger partial charge on any atom is -0.495 e. The van der Waals surface area contributed by atoms with E-state index in [9.17, 15) is 9.59 Å². The van der Waals surface area contributed by atoms with Gasteiger partial charge in [-0.3, -0.25) is 4.79 Å². The Balaban J connectivity index is 1.87. The molecule has 0 spiro atoms. The van der Waals surface area contributed by atoms with E-state index in [-0.39, 0.29) is 11.9 Å². The predicted octanol–water partition coefficient (Wildman–Crippen LogP) is 3.29. The Bertz CT molecular complexity index is 897. The molecule has 0 aromatic heterocycles. The predicted molar refractivity (Wildman–Crippen MR) is 103 cm³/mol. The highest BCUT2D eigenvalue weighted by Crippen LogP contribution is 2.32. The van der Waals surface area contributed by atoms with Crippen molar-refractivity contribution in [2.24, 2.45) is 0 Å². The fourth-order valence-corrected chi connectivity index (χ4v) is 3.25. The summed E-state index contributed by atoms with van der Waals surface area (Å²) in [6, 6.07) is 13.8. The van der Waals surface area contributed by atoms with Gasteiger partial charge in [0.15, 0.2) is 0 Å². The van der Waals surface area contributed by atoms with E-state index < -0.39 is 6.04 Å². The van der Waals surface area contributed by atoms with E-state index in [0.717, 1.165) is 5.56 Å². The molecule has 2 aromatic rings. The zero-order chi connectivity index (χ0) is 19.4. The van der Waals surface area contributed by atoms with Crippen LogP contribution in [-0.2, 0) is 11.3 Å². The number of halogens is 1. The molecule has 3 amide bonds. The number of allylic oxidation sites excluding steroid dienone is 1. The minimum atomic E-state index is -0.613. The van der Waals surface area contributed by atoms with Crippen LogP contribution < -0.4 is 20.7 Å². The Hall–Kier alpha value is -2.99. The molecule has 1 unspecified atom stereocenters. The summed E-state index contributed by atoms with van der Waals surface area (Å²) in [5.74, 6) is 0.261. The van der Waals surface area contributed by atoms with Crippen molar-refractivity contribution in [2.75, 3.05) is 7.11 Å². The van der Waals surface area contributed by atoms with Crippen LogP contribution in [0.15, 0.2) is 59.8 Å². The van der Waals surface area contributed by atoms with Crippen LogP contribution in [-0.4, -0.2) is 19.0 Å². The first kappa shape index (κ1) is 18.8. The molecule has 0 bridgehead atoms.